The summed E-state index contributed by atoms with van der Waals surface area (Å²) < 4.78 is 15.5. The molecule has 2 radical (unpaired) electrons. The average Bonchev–Trinajstić information content (AvgIpc) is 2.24. The highest BCUT2D eigenvalue weighted by Gasteiger charge is 2.50. The van der Waals surface area contributed by atoms with Crippen molar-refractivity contribution in [3.8, 4) is 0 Å². The zero-order valence-electron chi connectivity index (χ0n) is 8.19. The van der Waals surface area contributed by atoms with Gasteiger partial charge in [-0.2, -0.15) is 0 Å². The van der Waals surface area contributed by atoms with Gasteiger partial charge in [0.2, 0.25) is 0 Å². The predicted molar refractivity (Wildman–Crippen MR) is 47.7 cm³/mol. The van der Waals surface area contributed by atoms with Gasteiger partial charge in [0.1, 0.15) is 25.7 Å². The van der Waals surface area contributed by atoms with Crippen LogP contribution in [0.2, 0.25) is 0 Å². The Hall–Kier alpha value is -0.0951. The molecular weight excluding hydrogens is 171 g/mol. The maximum atomic E-state index is 9.59. The minimum atomic E-state index is -0.801. The van der Waals surface area contributed by atoms with E-state index in [0.717, 1.165) is 0 Å². The van der Waals surface area contributed by atoms with Gasteiger partial charge in [0.25, 0.3) is 0 Å². The van der Waals surface area contributed by atoms with Crippen LogP contribution >= 0.6 is 0 Å². The van der Waals surface area contributed by atoms with E-state index in [1.54, 1.807) is 14.0 Å². The SMILES string of the molecule is [B][C@@H]1O[C@](C)(COC)C(OC)[C@@H]1O. The average molecular weight is 186 g/mol. The monoisotopic (exact) mass is 186 g/mol. The molecule has 74 valence electrons. The maximum absolute atomic E-state index is 9.59. The molecule has 5 heteroatoms. The third kappa shape index (κ3) is 1.88. The fourth-order valence-corrected chi connectivity index (χ4v) is 1.77. The van der Waals surface area contributed by atoms with Gasteiger partial charge in [0, 0.05) is 20.2 Å². The zero-order chi connectivity index (χ0) is 10.1. The fraction of sp³-hybridized carbons (Fsp3) is 1.00. The van der Waals surface area contributed by atoms with Crippen LogP contribution in [-0.2, 0) is 14.2 Å². The van der Waals surface area contributed by atoms with Gasteiger partial charge in [-0.3, -0.25) is 0 Å². The standard InChI is InChI=1S/C8H15BO4/c1-8(4-11-2)6(12-3)5(10)7(9)13-8/h5-7,10H,4H2,1-3H3/t5-,6?,7+,8+/m0/s1. The Labute approximate surface area is 79.6 Å². The van der Waals surface area contributed by atoms with Crippen molar-refractivity contribution < 1.29 is 19.3 Å². The van der Waals surface area contributed by atoms with E-state index in [9.17, 15) is 5.11 Å². The second-order valence-corrected chi connectivity index (χ2v) is 3.48. The lowest BCUT2D eigenvalue weighted by Crippen LogP contribution is -2.45. The topological polar surface area (TPSA) is 47.9 Å². The first kappa shape index (κ1) is 11.0. The number of hydrogen-bond donors (Lipinski definition) is 1. The maximum Gasteiger partial charge on any atom is 0.117 e. The lowest BCUT2D eigenvalue weighted by atomic mass is 9.90. The van der Waals surface area contributed by atoms with E-state index in [1.807, 2.05) is 0 Å². The second kappa shape index (κ2) is 3.96. The molecule has 4 atom stereocenters. The Morgan fingerprint density at radius 2 is 2.15 bits per heavy atom. The van der Waals surface area contributed by atoms with E-state index in [-0.39, 0.29) is 0 Å². The first-order chi connectivity index (χ1) is 6.05. The minimum absolute atomic E-state index is 0.344. The molecule has 1 unspecified atom stereocenters. The van der Waals surface area contributed by atoms with E-state index in [1.165, 1.54) is 7.11 Å². The molecule has 0 aromatic heterocycles. The third-order valence-electron chi connectivity index (χ3n) is 2.34. The van der Waals surface area contributed by atoms with Crippen LogP contribution in [0.15, 0.2) is 0 Å². The van der Waals surface area contributed by atoms with E-state index in [4.69, 9.17) is 22.1 Å². The Kier molecular flexibility index (Phi) is 3.35. The number of aliphatic hydroxyl groups excluding tert-OH is 1. The van der Waals surface area contributed by atoms with E-state index in [2.05, 4.69) is 0 Å². The molecule has 0 amide bonds. The Morgan fingerprint density at radius 1 is 1.54 bits per heavy atom. The zero-order valence-corrected chi connectivity index (χ0v) is 8.19. The number of aliphatic hydroxyl groups is 1. The third-order valence-corrected chi connectivity index (χ3v) is 2.34. The Balaban J connectivity index is 2.74. The summed E-state index contributed by atoms with van der Waals surface area (Å²) in [7, 11) is 8.63. The number of rotatable bonds is 3. The Bertz CT molecular complexity index is 178. The number of methoxy groups -OCH3 is 2. The van der Waals surface area contributed by atoms with Crippen LogP contribution in [0.5, 0.6) is 0 Å². The van der Waals surface area contributed by atoms with Crippen molar-refractivity contribution in [2.24, 2.45) is 0 Å². The van der Waals surface area contributed by atoms with Gasteiger partial charge < -0.3 is 19.3 Å². The van der Waals surface area contributed by atoms with E-state index >= 15 is 0 Å². The molecule has 1 heterocycles. The van der Waals surface area contributed by atoms with Crippen LogP contribution in [0, 0.1) is 0 Å². The van der Waals surface area contributed by atoms with Gasteiger partial charge in [0.05, 0.1) is 6.61 Å². The van der Waals surface area contributed by atoms with Crippen molar-refractivity contribution in [3.63, 3.8) is 0 Å². The molecule has 1 aliphatic rings. The molecular formula is C8H15BO4. The van der Waals surface area contributed by atoms with Crippen molar-refractivity contribution >= 4 is 7.85 Å². The molecule has 1 saturated heterocycles. The van der Waals surface area contributed by atoms with Crippen LogP contribution < -0.4 is 0 Å². The molecule has 1 fully saturated rings. The first-order valence-electron chi connectivity index (χ1n) is 4.18. The molecule has 0 aromatic rings. The molecule has 0 aliphatic carbocycles. The highest BCUT2D eigenvalue weighted by atomic mass is 16.6. The minimum Gasteiger partial charge on any atom is -0.388 e. The number of ether oxygens (including phenoxy) is 3. The summed E-state index contributed by atoms with van der Waals surface area (Å²) >= 11 is 0. The molecule has 1 N–H and O–H groups in total. The highest BCUT2D eigenvalue weighted by Crippen LogP contribution is 2.31. The van der Waals surface area contributed by atoms with Crippen LogP contribution in [-0.4, -0.2) is 57.6 Å². The molecule has 0 aromatic carbocycles. The largest absolute Gasteiger partial charge is 0.388 e. The van der Waals surface area contributed by atoms with E-state index in [0.29, 0.717) is 6.61 Å². The molecule has 1 rings (SSSR count). The quantitative estimate of drug-likeness (QED) is 0.591. The molecule has 0 saturated carbocycles. The Morgan fingerprint density at radius 3 is 2.62 bits per heavy atom. The fourth-order valence-electron chi connectivity index (χ4n) is 1.77. The lowest BCUT2D eigenvalue weighted by Gasteiger charge is -2.29. The summed E-state index contributed by atoms with van der Waals surface area (Å²) in [4.78, 5) is 0. The molecule has 0 bridgehead atoms. The van der Waals surface area contributed by atoms with Gasteiger partial charge in [0.15, 0.2) is 0 Å². The van der Waals surface area contributed by atoms with Crippen LogP contribution in [0.4, 0.5) is 0 Å². The summed E-state index contributed by atoms with van der Waals surface area (Å²) in [5.74, 6) is 0. The van der Waals surface area contributed by atoms with Crippen LogP contribution in [0.25, 0.3) is 0 Å². The van der Waals surface area contributed by atoms with Crippen molar-refractivity contribution in [3.05, 3.63) is 0 Å². The van der Waals surface area contributed by atoms with E-state index < -0.39 is 23.8 Å². The molecule has 0 spiro atoms. The predicted octanol–water partition coefficient (Wildman–Crippen LogP) is -0.708. The summed E-state index contributed by atoms with van der Waals surface area (Å²) in [6, 6.07) is -0.704. The van der Waals surface area contributed by atoms with Crippen molar-refractivity contribution in [2.45, 2.75) is 30.7 Å². The van der Waals surface area contributed by atoms with Gasteiger partial charge in [-0.25, -0.2) is 0 Å². The summed E-state index contributed by atoms with van der Waals surface area (Å²) in [6.45, 7) is 2.15. The van der Waals surface area contributed by atoms with Crippen molar-refractivity contribution in [2.75, 3.05) is 20.8 Å². The normalized spacial score (nSPS) is 45.4. The first-order valence-corrected chi connectivity index (χ1v) is 4.18. The molecule has 4 nitrogen and oxygen atoms in total. The van der Waals surface area contributed by atoms with Crippen molar-refractivity contribution in [1.29, 1.82) is 0 Å². The van der Waals surface area contributed by atoms with Gasteiger partial charge in [-0.15, -0.1) is 0 Å². The van der Waals surface area contributed by atoms with Gasteiger partial charge >= 0.3 is 0 Å². The summed E-state index contributed by atoms with van der Waals surface area (Å²) in [5.41, 5.74) is -0.664. The van der Waals surface area contributed by atoms with Crippen LogP contribution in [0.3, 0.4) is 0 Å². The molecule has 13 heavy (non-hydrogen) atoms. The summed E-state index contributed by atoms with van der Waals surface area (Å²) in [6.07, 6.45) is -1.24. The molecule has 1 aliphatic heterocycles. The summed E-state index contributed by atoms with van der Waals surface area (Å²) in [5, 5.41) is 9.59. The van der Waals surface area contributed by atoms with Crippen LogP contribution in [0.1, 0.15) is 6.92 Å². The lowest BCUT2D eigenvalue weighted by molar-refractivity contribution is -0.108. The second-order valence-electron chi connectivity index (χ2n) is 3.48. The smallest absolute Gasteiger partial charge is 0.117 e. The number of hydrogen-bond acceptors (Lipinski definition) is 4. The van der Waals surface area contributed by atoms with Crippen molar-refractivity contribution in [1.82, 2.24) is 0 Å². The highest BCUT2D eigenvalue weighted by molar-refractivity contribution is 6.11. The van der Waals surface area contributed by atoms with Gasteiger partial charge in [-0.1, -0.05) is 0 Å². The van der Waals surface area contributed by atoms with Gasteiger partial charge in [-0.05, 0) is 6.92 Å².